The van der Waals surface area contributed by atoms with Crippen molar-refractivity contribution in [3.8, 4) is 0 Å². The fraction of sp³-hybridized carbons (Fsp3) is 0.300. The number of halogens is 2. The summed E-state index contributed by atoms with van der Waals surface area (Å²) in [4.78, 5) is 23.6. The van der Waals surface area contributed by atoms with Gasteiger partial charge in [0.25, 0.3) is 5.91 Å². The zero-order chi connectivity index (χ0) is 19.4. The lowest BCUT2D eigenvalue weighted by Gasteiger charge is -2.33. The van der Waals surface area contributed by atoms with Gasteiger partial charge in [-0.2, -0.15) is 0 Å². The number of amides is 2. The molecule has 27 heavy (non-hydrogen) atoms. The highest BCUT2D eigenvalue weighted by molar-refractivity contribution is 5.95. The average Bonchev–Trinajstić information content (AvgIpc) is 2.64. The highest BCUT2D eigenvalue weighted by Gasteiger charge is 2.28. The zero-order valence-corrected chi connectivity index (χ0v) is 14.9. The fourth-order valence-electron chi connectivity index (χ4n) is 3.31. The van der Waals surface area contributed by atoms with E-state index < -0.39 is 11.6 Å². The van der Waals surface area contributed by atoms with E-state index in [0.29, 0.717) is 29.8 Å². The van der Waals surface area contributed by atoms with Crippen molar-refractivity contribution in [2.75, 3.05) is 18.4 Å². The monoisotopic (exact) mass is 373 g/mol. The number of benzene rings is 2. The minimum atomic E-state index is -0.885. The highest BCUT2D eigenvalue weighted by atomic mass is 19.2. The smallest absolute Gasteiger partial charge is 0.251 e. The second-order valence-corrected chi connectivity index (χ2v) is 6.61. The van der Waals surface area contributed by atoms with Crippen molar-refractivity contribution in [3.63, 3.8) is 0 Å². The standard InChI is InChI=1S/C20H21F2N3O2/c1-12(26)24-15-5-2-13(3-6-15)20(27)25-19-11-23-9-8-16(19)14-4-7-17(21)18(22)10-14/h2-7,10,16,19,23H,8-9,11H2,1H3,(H,24,26)(H,25,27). The van der Waals surface area contributed by atoms with Crippen molar-refractivity contribution in [2.45, 2.75) is 25.3 Å². The van der Waals surface area contributed by atoms with E-state index in [4.69, 9.17) is 0 Å². The van der Waals surface area contributed by atoms with E-state index in [1.54, 1.807) is 30.3 Å². The van der Waals surface area contributed by atoms with Crippen LogP contribution in [-0.2, 0) is 4.79 Å². The lowest BCUT2D eigenvalue weighted by Crippen LogP contribution is -2.50. The summed E-state index contributed by atoms with van der Waals surface area (Å²) in [6.07, 6.45) is 0.706. The lowest BCUT2D eigenvalue weighted by atomic mass is 9.85. The van der Waals surface area contributed by atoms with E-state index in [1.807, 2.05) is 0 Å². The van der Waals surface area contributed by atoms with Gasteiger partial charge in [-0.15, -0.1) is 0 Å². The lowest BCUT2D eigenvalue weighted by molar-refractivity contribution is -0.114. The van der Waals surface area contributed by atoms with Crippen LogP contribution in [0.25, 0.3) is 0 Å². The molecule has 1 aliphatic rings. The van der Waals surface area contributed by atoms with Crippen LogP contribution in [0.3, 0.4) is 0 Å². The number of rotatable bonds is 4. The number of nitrogens with one attached hydrogen (secondary N) is 3. The number of hydrogen-bond donors (Lipinski definition) is 3. The van der Waals surface area contributed by atoms with E-state index in [0.717, 1.165) is 12.6 Å². The second kappa shape index (κ2) is 8.26. The van der Waals surface area contributed by atoms with E-state index in [9.17, 15) is 18.4 Å². The Morgan fingerprint density at radius 2 is 1.81 bits per heavy atom. The first-order valence-electron chi connectivity index (χ1n) is 8.78. The van der Waals surface area contributed by atoms with Gasteiger partial charge in [0.1, 0.15) is 0 Å². The van der Waals surface area contributed by atoms with Gasteiger partial charge in [0.15, 0.2) is 11.6 Å². The van der Waals surface area contributed by atoms with Crippen LogP contribution in [0.1, 0.15) is 35.2 Å². The van der Waals surface area contributed by atoms with Crippen LogP contribution in [0.5, 0.6) is 0 Å². The van der Waals surface area contributed by atoms with Gasteiger partial charge in [-0.1, -0.05) is 6.07 Å². The van der Waals surface area contributed by atoms with Crippen molar-refractivity contribution in [1.29, 1.82) is 0 Å². The van der Waals surface area contributed by atoms with Crippen molar-refractivity contribution < 1.29 is 18.4 Å². The average molecular weight is 373 g/mol. The van der Waals surface area contributed by atoms with Crippen molar-refractivity contribution in [3.05, 3.63) is 65.2 Å². The quantitative estimate of drug-likeness (QED) is 0.772. The van der Waals surface area contributed by atoms with Gasteiger partial charge in [-0.05, 0) is 54.9 Å². The SMILES string of the molecule is CC(=O)Nc1ccc(C(=O)NC2CNCCC2c2ccc(F)c(F)c2)cc1. The molecular formula is C20H21F2N3O2. The molecule has 7 heteroatoms. The molecular weight excluding hydrogens is 352 g/mol. The molecule has 0 aliphatic carbocycles. The summed E-state index contributed by atoms with van der Waals surface area (Å²) in [6, 6.07) is 10.2. The largest absolute Gasteiger partial charge is 0.347 e. The third kappa shape index (κ3) is 4.68. The summed E-state index contributed by atoms with van der Waals surface area (Å²) in [5, 5.41) is 8.84. The maximum absolute atomic E-state index is 13.6. The highest BCUT2D eigenvalue weighted by Crippen LogP contribution is 2.27. The Hall–Kier alpha value is -2.80. The molecule has 0 aromatic heterocycles. The maximum atomic E-state index is 13.6. The van der Waals surface area contributed by atoms with Crippen LogP contribution in [0.2, 0.25) is 0 Å². The molecule has 2 atom stereocenters. The van der Waals surface area contributed by atoms with Crippen LogP contribution in [-0.4, -0.2) is 30.9 Å². The molecule has 2 amide bonds. The first kappa shape index (κ1) is 19.0. The summed E-state index contributed by atoms with van der Waals surface area (Å²) in [7, 11) is 0. The van der Waals surface area contributed by atoms with Gasteiger partial charge in [0, 0.05) is 36.7 Å². The summed E-state index contributed by atoms with van der Waals surface area (Å²) < 4.78 is 26.8. The second-order valence-electron chi connectivity index (χ2n) is 6.61. The van der Waals surface area contributed by atoms with Gasteiger partial charge in [0.2, 0.25) is 5.91 Å². The molecule has 1 aliphatic heterocycles. The Morgan fingerprint density at radius 1 is 1.07 bits per heavy atom. The number of anilines is 1. The Bertz CT molecular complexity index is 840. The first-order valence-corrected chi connectivity index (χ1v) is 8.78. The molecule has 0 saturated carbocycles. The molecule has 3 N–H and O–H groups in total. The molecule has 2 aromatic carbocycles. The third-order valence-corrected chi connectivity index (χ3v) is 4.64. The Kier molecular flexibility index (Phi) is 5.81. The minimum Gasteiger partial charge on any atom is -0.347 e. The third-order valence-electron chi connectivity index (χ3n) is 4.64. The molecule has 2 unspecified atom stereocenters. The van der Waals surface area contributed by atoms with Crippen molar-refractivity contribution >= 4 is 17.5 Å². The molecule has 0 bridgehead atoms. The molecule has 1 heterocycles. The van der Waals surface area contributed by atoms with Gasteiger partial charge in [0.05, 0.1) is 0 Å². The van der Waals surface area contributed by atoms with Crippen LogP contribution < -0.4 is 16.0 Å². The van der Waals surface area contributed by atoms with Crippen LogP contribution in [0.15, 0.2) is 42.5 Å². The van der Waals surface area contributed by atoms with E-state index in [1.165, 1.54) is 13.0 Å². The van der Waals surface area contributed by atoms with E-state index in [2.05, 4.69) is 16.0 Å². The van der Waals surface area contributed by atoms with Crippen molar-refractivity contribution in [1.82, 2.24) is 10.6 Å². The van der Waals surface area contributed by atoms with Gasteiger partial charge in [-0.3, -0.25) is 9.59 Å². The van der Waals surface area contributed by atoms with Gasteiger partial charge in [-0.25, -0.2) is 8.78 Å². The molecule has 5 nitrogen and oxygen atoms in total. The topological polar surface area (TPSA) is 70.2 Å². The van der Waals surface area contributed by atoms with E-state index >= 15 is 0 Å². The van der Waals surface area contributed by atoms with E-state index in [-0.39, 0.29) is 23.8 Å². The normalized spacial score (nSPS) is 19.4. The zero-order valence-electron chi connectivity index (χ0n) is 14.9. The molecule has 1 saturated heterocycles. The van der Waals surface area contributed by atoms with Crippen LogP contribution in [0, 0.1) is 11.6 Å². The number of piperidine rings is 1. The van der Waals surface area contributed by atoms with Crippen molar-refractivity contribution in [2.24, 2.45) is 0 Å². The van der Waals surface area contributed by atoms with Gasteiger partial charge < -0.3 is 16.0 Å². The Morgan fingerprint density at radius 3 is 2.48 bits per heavy atom. The predicted molar refractivity (Wildman–Crippen MR) is 98.6 cm³/mol. The summed E-state index contributed by atoms with van der Waals surface area (Å²) in [5.41, 5.74) is 1.73. The van der Waals surface area contributed by atoms with Gasteiger partial charge >= 0.3 is 0 Å². The molecule has 0 spiro atoms. The molecule has 0 radical (unpaired) electrons. The summed E-state index contributed by atoms with van der Waals surface area (Å²) >= 11 is 0. The maximum Gasteiger partial charge on any atom is 0.251 e. The Balaban J connectivity index is 1.72. The fourth-order valence-corrected chi connectivity index (χ4v) is 3.31. The number of hydrogen-bond acceptors (Lipinski definition) is 3. The molecule has 2 aromatic rings. The summed E-state index contributed by atoms with van der Waals surface area (Å²) in [6.45, 7) is 2.69. The van der Waals surface area contributed by atoms with Crippen LogP contribution in [0.4, 0.5) is 14.5 Å². The Labute approximate surface area is 156 Å². The molecule has 1 fully saturated rings. The van der Waals surface area contributed by atoms with Crippen LogP contribution >= 0.6 is 0 Å². The minimum absolute atomic E-state index is 0.107. The number of carbonyl (C=O) groups excluding carboxylic acids is 2. The molecule has 142 valence electrons. The summed E-state index contributed by atoms with van der Waals surface area (Å²) in [5.74, 6) is -2.32. The predicted octanol–water partition coefficient (Wildman–Crippen LogP) is 2.80. The number of carbonyl (C=O) groups is 2. The first-order chi connectivity index (χ1) is 12.9. The molecule has 3 rings (SSSR count).